The first-order valence-corrected chi connectivity index (χ1v) is 6.38. The van der Waals surface area contributed by atoms with Crippen LogP contribution in [0.2, 0.25) is 0 Å². The third kappa shape index (κ3) is 2.13. The van der Waals surface area contributed by atoms with Crippen molar-refractivity contribution in [2.24, 2.45) is 0 Å². The molecular formula is C14H6F6N2O2. The molecule has 0 spiro atoms. The van der Waals surface area contributed by atoms with E-state index in [9.17, 15) is 31.1 Å². The summed E-state index contributed by atoms with van der Waals surface area (Å²) in [5, 5.41) is 0. The van der Waals surface area contributed by atoms with E-state index in [1.165, 1.54) is 18.5 Å². The lowest BCUT2D eigenvalue weighted by Gasteiger charge is -2.17. The summed E-state index contributed by atoms with van der Waals surface area (Å²) in [5.74, 6) is -13.1. The van der Waals surface area contributed by atoms with Crippen LogP contribution in [0.5, 0.6) is 11.8 Å². The van der Waals surface area contributed by atoms with Gasteiger partial charge in [-0.05, 0) is 18.2 Å². The van der Waals surface area contributed by atoms with Gasteiger partial charge in [0.1, 0.15) is 5.75 Å². The molecule has 0 unspecified atom stereocenters. The first-order chi connectivity index (χ1) is 11.2. The minimum atomic E-state index is -5.11. The molecule has 0 saturated carbocycles. The zero-order chi connectivity index (χ0) is 17.7. The standard InChI is InChI=1S/C14H6F6N2O2/c15-11(16)9-7(24-12-21-4-1-5-22-12)3-2-6-8(9)10(23)14(19,20)13(6,17)18/h1-5,11H. The van der Waals surface area contributed by atoms with Crippen molar-refractivity contribution in [1.29, 1.82) is 0 Å². The summed E-state index contributed by atoms with van der Waals surface area (Å²) in [5.41, 5.74) is -4.25. The van der Waals surface area contributed by atoms with Crippen LogP contribution in [0.1, 0.15) is 27.9 Å². The maximum Gasteiger partial charge on any atom is 0.376 e. The van der Waals surface area contributed by atoms with E-state index >= 15 is 0 Å². The Morgan fingerprint density at radius 1 is 1.00 bits per heavy atom. The van der Waals surface area contributed by atoms with Gasteiger partial charge in [0, 0.05) is 23.5 Å². The Labute approximate surface area is 130 Å². The number of fused-ring (bicyclic) bond motifs is 1. The Kier molecular flexibility index (Phi) is 3.50. The van der Waals surface area contributed by atoms with Gasteiger partial charge in [0.15, 0.2) is 0 Å². The fourth-order valence-corrected chi connectivity index (χ4v) is 2.32. The minimum Gasteiger partial charge on any atom is -0.424 e. The highest BCUT2D eigenvalue weighted by Gasteiger charge is 2.70. The van der Waals surface area contributed by atoms with Crippen molar-refractivity contribution in [2.45, 2.75) is 18.3 Å². The minimum absolute atomic E-state index is 0.414. The number of benzene rings is 1. The summed E-state index contributed by atoms with van der Waals surface area (Å²) < 4.78 is 85.9. The SMILES string of the molecule is O=C1c2c(ccc(Oc3ncccn3)c2C(F)F)C(F)(F)C1(F)F. The molecule has 1 aromatic heterocycles. The van der Waals surface area contributed by atoms with Crippen molar-refractivity contribution in [2.75, 3.05) is 0 Å². The highest BCUT2D eigenvalue weighted by molar-refractivity contribution is 6.08. The molecule has 4 nitrogen and oxygen atoms in total. The van der Waals surface area contributed by atoms with E-state index in [0.717, 1.165) is 0 Å². The Balaban J connectivity index is 2.20. The van der Waals surface area contributed by atoms with Crippen LogP contribution in [-0.2, 0) is 5.92 Å². The third-order valence-electron chi connectivity index (χ3n) is 3.41. The summed E-state index contributed by atoms with van der Waals surface area (Å²) in [4.78, 5) is 18.8. The van der Waals surface area contributed by atoms with Crippen molar-refractivity contribution in [3.63, 3.8) is 0 Å². The predicted octanol–water partition coefficient (Wildman–Crippen LogP) is 4.13. The molecular weight excluding hydrogens is 342 g/mol. The summed E-state index contributed by atoms with van der Waals surface area (Å²) in [6, 6.07) is 2.09. The Hall–Kier alpha value is -2.65. The number of carbonyl (C=O) groups is 1. The number of alkyl halides is 6. The van der Waals surface area contributed by atoms with Gasteiger partial charge in [0.05, 0.1) is 5.56 Å². The molecule has 126 valence electrons. The van der Waals surface area contributed by atoms with Crippen LogP contribution in [0.15, 0.2) is 30.6 Å². The highest BCUT2D eigenvalue weighted by Crippen LogP contribution is 2.55. The van der Waals surface area contributed by atoms with E-state index in [-0.39, 0.29) is 0 Å². The van der Waals surface area contributed by atoms with Crippen molar-refractivity contribution >= 4 is 5.78 Å². The van der Waals surface area contributed by atoms with Crippen LogP contribution >= 0.6 is 0 Å². The molecule has 2 aromatic rings. The van der Waals surface area contributed by atoms with Gasteiger partial charge in [-0.15, -0.1) is 0 Å². The number of aromatic nitrogens is 2. The second-order valence-electron chi connectivity index (χ2n) is 4.81. The summed E-state index contributed by atoms with van der Waals surface area (Å²) in [7, 11) is 0. The number of ketones is 1. The van der Waals surface area contributed by atoms with Crippen LogP contribution in [-0.4, -0.2) is 21.7 Å². The lowest BCUT2D eigenvalue weighted by atomic mass is 10.0. The third-order valence-corrected chi connectivity index (χ3v) is 3.41. The van der Waals surface area contributed by atoms with E-state index in [4.69, 9.17) is 4.74 Å². The van der Waals surface area contributed by atoms with Gasteiger partial charge >= 0.3 is 17.9 Å². The van der Waals surface area contributed by atoms with Crippen LogP contribution in [0, 0.1) is 0 Å². The topological polar surface area (TPSA) is 52.1 Å². The average molecular weight is 348 g/mol. The van der Waals surface area contributed by atoms with E-state index in [1.54, 1.807) is 0 Å². The van der Waals surface area contributed by atoms with Crippen molar-refractivity contribution in [3.8, 4) is 11.8 Å². The van der Waals surface area contributed by atoms with Gasteiger partial charge < -0.3 is 4.74 Å². The zero-order valence-electron chi connectivity index (χ0n) is 11.4. The summed E-state index contributed by atoms with van der Waals surface area (Å²) >= 11 is 0. The summed E-state index contributed by atoms with van der Waals surface area (Å²) in [6.07, 6.45) is -1.08. The zero-order valence-corrected chi connectivity index (χ0v) is 11.4. The van der Waals surface area contributed by atoms with Crippen LogP contribution in [0.4, 0.5) is 26.3 Å². The summed E-state index contributed by atoms with van der Waals surface area (Å²) in [6.45, 7) is 0. The fourth-order valence-electron chi connectivity index (χ4n) is 2.32. The first kappa shape index (κ1) is 16.2. The smallest absolute Gasteiger partial charge is 0.376 e. The quantitative estimate of drug-likeness (QED) is 0.783. The molecule has 1 heterocycles. The van der Waals surface area contributed by atoms with Gasteiger partial charge in [-0.3, -0.25) is 4.79 Å². The number of ether oxygens (including phenoxy) is 1. The predicted molar refractivity (Wildman–Crippen MR) is 66.7 cm³/mol. The van der Waals surface area contributed by atoms with E-state index in [2.05, 4.69) is 9.97 Å². The lowest BCUT2D eigenvalue weighted by Crippen LogP contribution is -2.38. The van der Waals surface area contributed by atoms with Crippen molar-refractivity contribution < 1.29 is 35.9 Å². The highest BCUT2D eigenvalue weighted by atomic mass is 19.3. The van der Waals surface area contributed by atoms with E-state index < -0.39 is 52.5 Å². The molecule has 0 atom stereocenters. The van der Waals surface area contributed by atoms with Crippen molar-refractivity contribution in [1.82, 2.24) is 9.97 Å². The molecule has 0 N–H and O–H groups in total. The maximum atomic E-state index is 13.7. The van der Waals surface area contributed by atoms with Gasteiger partial charge in [-0.2, -0.15) is 17.6 Å². The largest absolute Gasteiger partial charge is 0.424 e. The van der Waals surface area contributed by atoms with E-state index in [1.807, 2.05) is 0 Å². The number of halogens is 6. The molecule has 0 bridgehead atoms. The molecule has 0 amide bonds. The maximum absolute atomic E-state index is 13.7. The Bertz CT molecular complexity index is 810. The van der Waals surface area contributed by atoms with Gasteiger partial charge in [-0.1, -0.05) is 0 Å². The second-order valence-corrected chi connectivity index (χ2v) is 4.81. The van der Waals surface area contributed by atoms with E-state index in [0.29, 0.717) is 12.1 Å². The number of rotatable bonds is 3. The number of hydrogen-bond donors (Lipinski definition) is 0. The molecule has 24 heavy (non-hydrogen) atoms. The Morgan fingerprint density at radius 3 is 2.21 bits per heavy atom. The van der Waals surface area contributed by atoms with Gasteiger partial charge in [-0.25, -0.2) is 18.7 Å². The normalized spacial score (nSPS) is 17.9. The number of hydrogen-bond acceptors (Lipinski definition) is 4. The second kappa shape index (κ2) is 5.18. The fraction of sp³-hybridized carbons (Fsp3) is 0.214. The van der Waals surface area contributed by atoms with Crippen LogP contribution in [0.25, 0.3) is 0 Å². The average Bonchev–Trinajstić information content (AvgIpc) is 2.66. The molecule has 0 aliphatic heterocycles. The first-order valence-electron chi connectivity index (χ1n) is 6.38. The molecule has 1 aromatic carbocycles. The monoisotopic (exact) mass is 348 g/mol. The molecule has 1 aliphatic rings. The molecule has 10 heteroatoms. The van der Waals surface area contributed by atoms with Crippen LogP contribution < -0.4 is 4.74 Å². The van der Waals surface area contributed by atoms with Gasteiger partial charge in [0.2, 0.25) is 5.78 Å². The van der Waals surface area contributed by atoms with Crippen LogP contribution in [0.3, 0.4) is 0 Å². The molecule has 0 fully saturated rings. The molecule has 0 radical (unpaired) electrons. The van der Waals surface area contributed by atoms with Gasteiger partial charge in [0.25, 0.3) is 6.43 Å². The number of nitrogens with zero attached hydrogens (tertiary/aromatic N) is 2. The van der Waals surface area contributed by atoms with Crippen molar-refractivity contribution in [3.05, 3.63) is 47.3 Å². The number of carbonyl (C=O) groups excluding carboxylic acids is 1. The molecule has 3 rings (SSSR count). The lowest BCUT2D eigenvalue weighted by molar-refractivity contribution is -0.176. The molecule has 0 saturated heterocycles. The Morgan fingerprint density at radius 2 is 1.62 bits per heavy atom. The number of Topliss-reactive ketones (excluding diaryl/α,β-unsaturated/α-hetero) is 1. The molecule has 1 aliphatic carbocycles.